The highest BCUT2D eigenvalue weighted by molar-refractivity contribution is 5.83. The molecule has 0 aromatic heterocycles. The summed E-state index contributed by atoms with van der Waals surface area (Å²) in [5.41, 5.74) is 12.6. The van der Waals surface area contributed by atoms with Gasteiger partial charge in [-0.15, -0.1) is 25.0 Å². The van der Waals surface area contributed by atoms with Gasteiger partial charge in [-0.3, -0.25) is 9.80 Å². The van der Waals surface area contributed by atoms with Crippen LogP contribution in [0, 0.1) is 12.8 Å². The number of hydrogen-bond acceptors (Lipinski definition) is 6. The summed E-state index contributed by atoms with van der Waals surface area (Å²) in [6.07, 6.45) is 26.6. The monoisotopic (exact) mass is 526 g/mol. The van der Waals surface area contributed by atoms with E-state index in [0.717, 1.165) is 57.1 Å². The van der Waals surface area contributed by atoms with Crippen molar-refractivity contribution in [1.29, 1.82) is 0 Å². The molecule has 0 aromatic carbocycles. The highest BCUT2D eigenvalue weighted by Crippen LogP contribution is 2.34. The summed E-state index contributed by atoms with van der Waals surface area (Å²) in [5, 5.41) is 11.7. The number of carbonyl (C=O) groups is 1. The van der Waals surface area contributed by atoms with Gasteiger partial charge in [-0.25, -0.2) is 4.39 Å². The maximum absolute atomic E-state index is 12.2. The molecular formula is C31H47FN4O2. The third kappa shape index (κ3) is 10.4. The normalized spacial score (nSPS) is 25.1. The van der Waals surface area contributed by atoms with Crippen LogP contribution in [-0.4, -0.2) is 46.2 Å². The average molecular weight is 527 g/mol. The molecule has 0 spiro atoms. The third-order valence-electron chi connectivity index (χ3n) is 6.74. The molecule has 0 bridgehead atoms. The lowest BCUT2D eigenvalue weighted by molar-refractivity contribution is -0.121. The Morgan fingerprint density at radius 3 is 2.58 bits per heavy atom. The van der Waals surface area contributed by atoms with Crippen LogP contribution < -0.4 is 11.0 Å². The Labute approximate surface area is 229 Å². The molecule has 3 aliphatic heterocycles. The second-order valence-corrected chi connectivity index (χ2v) is 9.50. The molecule has 0 aliphatic carbocycles. The first kappa shape index (κ1) is 32.9. The second-order valence-electron chi connectivity index (χ2n) is 9.50. The summed E-state index contributed by atoms with van der Waals surface area (Å²) in [5.74, 6) is -0.116. The predicted molar refractivity (Wildman–Crippen MR) is 156 cm³/mol. The Bertz CT molecular complexity index is 943. The molecule has 6 nitrogen and oxygen atoms in total. The summed E-state index contributed by atoms with van der Waals surface area (Å²) >= 11 is 0. The topological polar surface area (TPSA) is 67.8 Å². The number of hydrogen-bond donors (Lipinski definition) is 3. The zero-order valence-electron chi connectivity index (χ0n) is 23.7. The van der Waals surface area contributed by atoms with E-state index in [2.05, 4.69) is 91.6 Å². The number of hydrazine groups is 2. The van der Waals surface area contributed by atoms with Gasteiger partial charge in [0, 0.05) is 43.0 Å². The van der Waals surface area contributed by atoms with E-state index in [4.69, 9.17) is 0 Å². The maximum atomic E-state index is 12.2. The third-order valence-corrected chi connectivity index (χ3v) is 6.74. The Morgan fingerprint density at radius 2 is 1.95 bits per heavy atom. The number of aliphatic hydroxyl groups is 1. The molecule has 1 saturated heterocycles. The van der Waals surface area contributed by atoms with Gasteiger partial charge in [-0.2, -0.15) is 0 Å². The van der Waals surface area contributed by atoms with Gasteiger partial charge < -0.3 is 15.4 Å². The fraction of sp³-hybridized carbons (Fsp3) is 0.516. The summed E-state index contributed by atoms with van der Waals surface area (Å²) in [6.45, 7) is 11.6. The Kier molecular flexibility index (Phi) is 15.8. The zero-order chi connectivity index (χ0) is 28.5. The molecule has 0 aromatic rings. The number of allylic oxidation sites excluding steroid dienone is 9. The highest BCUT2D eigenvalue weighted by atomic mass is 19.1. The number of terminal acetylenes is 1. The minimum Gasteiger partial charge on any atom is -0.389 e. The molecule has 3 aliphatic rings. The number of fused-ring (bicyclic) bond motifs is 1. The van der Waals surface area contributed by atoms with Crippen molar-refractivity contribution < 1.29 is 14.3 Å². The zero-order valence-corrected chi connectivity index (χ0v) is 23.7. The van der Waals surface area contributed by atoms with Crippen molar-refractivity contribution in [3.8, 4) is 12.8 Å². The first-order valence-electron chi connectivity index (χ1n) is 13.5. The SMILES string of the molecule is C#C.C=CC(C)F.CC/C=C/CC1=CNNN1C1CC/C2=C(CC(=O)CO)/C(C)=C/CC/C=C(\C)N2CC1. The number of halogens is 1. The molecule has 7 heteroatoms. The second kappa shape index (κ2) is 18.2. The molecule has 0 saturated carbocycles. The molecule has 3 N–H and O–H groups in total. The van der Waals surface area contributed by atoms with Crippen LogP contribution in [0.25, 0.3) is 0 Å². The van der Waals surface area contributed by atoms with Crippen LogP contribution in [0.1, 0.15) is 79.1 Å². The molecule has 3 rings (SSSR count). The molecule has 0 radical (unpaired) electrons. The van der Waals surface area contributed by atoms with E-state index in [1.165, 1.54) is 35.7 Å². The van der Waals surface area contributed by atoms with Crippen molar-refractivity contribution in [1.82, 2.24) is 20.9 Å². The van der Waals surface area contributed by atoms with Gasteiger partial charge in [-0.05, 0) is 70.4 Å². The molecule has 0 amide bonds. The number of rotatable bonds is 8. The Balaban J connectivity index is 0.000000924. The van der Waals surface area contributed by atoms with Crippen molar-refractivity contribution in [2.24, 2.45) is 0 Å². The lowest BCUT2D eigenvalue weighted by Crippen LogP contribution is -2.45. The van der Waals surface area contributed by atoms with Crippen LogP contribution in [0.2, 0.25) is 0 Å². The van der Waals surface area contributed by atoms with Crippen molar-refractivity contribution in [3.05, 3.63) is 71.4 Å². The number of aliphatic hydroxyl groups excluding tert-OH is 1. The number of nitrogens with one attached hydrogen (secondary N) is 2. The van der Waals surface area contributed by atoms with Crippen molar-refractivity contribution in [2.45, 2.75) is 91.3 Å². The molecule has 1 fully saturated rings. The van der Waals surface area contributed by atoms with Crippen molar-refractivity contribution >= 4 is 5.78 Å². The molecular weight excluding hydrogens is 479 g/mol. The van der Waals surface area contributed by atoms with Crippen LogP contribution >= 0.6 is 0 Å². The molecule has 3 heterocycles. The largest absolute Gasteiger partial charge is 0.389 e. The summed E-state index contributed by atoms with van der Waals surface area (Å²) in [6, 6.07) is 0.367. The van der Waals surface area contributed by atoms with E-state index in [1.807, 2.05) is 0 Å². The Hall–Kier alpha value is -3.08. The van der Waals surface area contributed by atoms with Crippen LogP contribution in [0.3, 0.4) is 0 Å². The fourth-order valence-corrected chi connectivity index (χ4v) is 4.68. The number of carbonyl (C=O) groups excluding carboxylic acids is 1. The lowest BCUT2D eigenvalue weighted by atomic mass is 9.95. The number of alkyl halides is 1. The van der Waals surface area contributed by atoms with Gasteiger partial charge in [0.25, 0.3) is 0 Å². The van der Waals surface area contributed by atoms with E-state index >= 15 is 0 Å². The first-order chi connectivity index (χ1) is 18.3. The minimum absolute atomic E-state index is 0.116. The van der Waals surface area contributed by atoms with Gasteiger partial charge in [-0.1, -0.05) is 37.3 Å². The fourth-order valence-electron chi connectivity index (χ4n) is 4.68. The lowest BCUT2D eigenvalue weighted by Gasteiger charge is -2.30. The van der Waals surface area contributed by atoms with E-state index in [1.54, 1.807) is 0 Å². The molecule has 210 valence electrons. The van der Waals surface area contributed by atoms with E-state index in [0.29, 0.717) is 12.5 Å². The standard InChI is InChI=1S/C25H38N4O2.C4H7F.C2H2/c1-4-5-6-11-22-17-26-27-29(22)21-12-13-25-24(16-23(31)18-30)19(2)9-7-8-10-20(3)28(25)15-14-21;1-3-4(2)5;1-2/h5-6,9-10,17,21,26-27,30H,4,7-8,11-16,18H2,1-3H3;3-4H,1H2,2H3;1-2H/b6-5+,19-9+,20-10+,25-24-;;. The predicted octanol–water partition coefficient (Wildman–Crippen LogP) is 5.99. The van der Waals surface area contributed by atoms with Crippen LogP contribution in [0.4, 0.5) is 4.39 Å². The highest BCUT2D eigenvalue weighted by Gasteiger charge is 2.30. The van der Waals surface area contributed by atoms with Gasteiger partial charge in [0.1, 0.15) is 12.8 Å². The maximum Gasteiger partial charge on any atom is 0.162 e. The van der Waals surface area contributed by atoms with E-state index in [9.17, 15) is 14.3 Å². The Morgan fingerprint density at radius 1 is 1.26 bits per heavy atom. The summed E-state index contributed by atoms with van der Waals surface area (Å²) < 4.78 is 11.3. The van der Waals surface area contributed by atoms with Crippen LogP contribution in [0.5, 0.6) is 0 Å². The van der Waals surface area contributed by atoms with E-state index < -0.39 is 12.8 Å². The molecule has 2 atom stereocenters. The van der Waals surface area contributed by atoms with Gasteiger partial charge in [0.15, 0.2) is 5.78 Å². The quantitative estimate of drug-likeness (QED) is 0.267. The van der Waals surface area contributed by atoms with Crippen molar-refractivity contribution in [3.63, 3.8) is 0 Å². The number of ketones is 1. The van der Waals surface area contributed by atoms with Crippen LogP contribution in [0.15, 0.2) is 71.4 Å². The molecule has 2 unspecified atom stereocenters. The van der Waals surface area contributed by atoms with Gasteiger partial charge >= 0.3 is 0 Å². The van der Waals surface area contributed by atoms with Crippen molar-refractivity contribution in [2.75, 3.05) is 13.2 Å². The minimum atomic E-state index is -0.852. The summed E-state index contributed by atoms with van der Waals surface area (Å²) in [4.78, 5) is 14.6. The first-order valence-corrected chi connectivity index (χ1v) is 13.5. The number of nitrogens with zero attached hydrogens (tertiary/aromatic N) is 2. The van der Waals surface area contributed by atoms with Crippen LogP contribution in [-0.2, 0) is 4.79 Å². The van der Waals surface area contributed by atoms with E-state index in [-0.39, 0.29) is 5.78 Å². The van der Waals surface area contributed by atoms with Gasteiger partial charge in [0.05, 0.1) is 5.70 Å². The smallest absolute Gasteiger partial charge is 0.162 e. The van der Waals surface area contributed by atoms with Gasteiger partial charge in [0.2, 0.25) is 0 Å². The average Bonchev–Trinajstić information content (AvgIpc) is 3.30. The summed E-state index contributed by atoms with van der Waals surface area (Å²) in [7, 11) is 0. The number of Topliss-reactive ketones (excluding diaryl/α,β-unsaturated/α-hetero) is 1. The molecule has 38 heavy (non-hydrogen) atoms.